The topological polar surface area (TPSA) is 60.5 Å². The number of aromatic nitrogens is 1. The Labute approximate surface area is 166 Å². The quantitative estimate of drug-likeness (QED) is 0.481. The molecule has 1 amide bonds. The monoisotopic (exact) mass is 390 g/mol. The van der Waals surface area contributed by atoms with E-state index in [9.17, 15) is 4.79 Å². The molecule has 0 saturated heterocycles. The van der Waals surface area contributed by atoms with Crippen LogP contribution in [0, 0.1) is 0 Å². The summed E-state index contributed by atoms with van der Waals surface area (Å²) in [5.41, 5.74) is 1.66. The molecule has 0 radical (unpaired) electrons. The maximum Gasteiger partial charge on any atom is 0.250 e. The average Bonchev–Trinajstić information content (AvgIpc) is 3.14. The number of amides is 1. The highest BCUT2D eigenvalue weighted by Gasteiger charge is 2.09. The summed E-state index contributed by atoms with van der Waals surface area (Å²) < 4.78 is 11.6. The summed E-state index contributed by atoms with van der Waals surface area (Å²) in [5, 5.41) is 5.62. The van der Waals surface area contributed by atoms with Crippen molar-refractivity contribution in [2.45, 2.75) is 0 Å². The van der Waals surface area contributed by atoms with E-state index >= 15 is 0 Å². The highest BCUT2D eigenvalue weighted by Crippen LogP contribution is 2.31. The minimum absolute atomic E-state index is 0.256. The molecule has 0 saturated carbocycles. The van der Waals surface area contributed by atoms with Gasteiger partial charge in [-0.3, -0.25) is 10.1 Å². The van der Waals surface area contributed by atoms with Gasteiger partial charge in [0.05, 0.1) is 24.4 Å². The second-order valence-corrected chi connectivity index (χ2v) is 7.11. The normalized spacial score (nSPS) is 11.2. The number of ether oxygens (including phenoxy) is 2. The molecule has 5 nitrogen and oxygen atoms in total. The number of hydrogen-bond acceptors (Lipinski definition) is 5. The zero-order valence-electron chi connectivity index (χ0n) is 15.4. The van der Waals surface area contributed by atoms with Gasteiger partial charge < -0.3 is 9.47 Å². The maximum atomic E-state index is 12.4. The van der Waals surface area contributed by atoms with E-state index in [4.69, 9.17) is 9.47 Å². The Morgan fingerprint density at radius 1 is 1.07 bits per heavy atom. The van der Waals surface area contributed by atoms with Crippen LogP contribution in [0.5, 0.6) is 11.5 Å². The molecule has 0 atom stereocenters. The van der Waals surface area contributed by atoms with Crippen molar-refractivity contribution in [3.8, 4) is 11.5 Å². The van der Waals surface area contributed by atoms with Crippen molar-refractivity contribution < 1.29 is 14.3 Å². The van der Waals surface area contributed by atoms with Gasteiger partial charge in [-0.1, -0.05) is 41.7 Å². The van der Waals surface area contributed by atoms with Crippen LogP contribution in [0.25, 0.3) is 27.1 Å². The number of nitrogens with zero attached hydrogens (tertiary/aromatic N) is 1. The van der Waals surface area contributed by atoms with Crippen molar-refractivity contribution in [2.24, 2.45) is 0 Å². The van der Waals surface area contributed by atoms with E-state index in [0.29, 0.717) is 16.6 Å². The van der Waals surface area contributed by atoms with Gasteiger partial charge in [0.15, 0.2) is 5.13 Å². The fourth-order valence-electron chi connectivity index (χ4n) is 3.00. The third kappa shape index (κ3) is 3.54. The van der Waals surface area contributed by atoms with E-state index in [2.05, 4.69) is 22.4 Å². The molecular weight excluding hydrogens is 372 g/mol. The Kier molecular flexibility index (Phi) is 4.95. The molecule has 1 heterocycles. The van der Waals surface area contributed by atoms with Crippen LogP contribution in [-0.2, 0) is 4.79 Å². The molecule has 0 fully saturated rings. The van der Waals surface area contributed by atoms with Crippen molar-refractivity contribution >= 4 is 49.4 Å². The van der Waals surface area contributed by atoms with E-state index in [1.54, 1.807) is 26.4 Å². The van der Waals surface area contributed by atoms with Gasteiger partial charge in [0.2, 0.25) is 5.91 Å². The zero-order valence-corrected chi connectivity index (χ0v) is 16.2. The Morgan fingerprint density at radius 3 is 2.75 bits per heavy atom. The molecule has 0 aliphatic heterocycles. The van der Waals surface area contributed by atoms with E-state index in [1.165, 1.54) is 17.4 Å². The van der Waals surface area contributed by atoms with E-state index in [0.717, 1.165) is 26.6 Å². The largest absolute Gasteiger partial charge is 0.497 e. The van der Waals surface area contributed by atoms with Crippen LogP contribution in [0.3, 0.4) is 0 Å². The summed E-state index contributed by atoms with van der Waals surface area (Å²) in [7, 11) is 3.18. The molecule has 28 heavy (non-hydrogen) atoms. The molecule has 0 aliphatic rings. The molecule has 0 bridgehead atoms. The predicted molar refractivity (Wildman–Crippen MR) is 114 cm³/mol. The third-order valence-electron chi connectivity index (χ3n) is 4.36. The molecule has 1 aromatic heterocycles. The first-order valence-corrected chi connectivity index (χ1v) is 9.49. The second-order valence-electron chi connectivity index (χ2n) is 6.08. The van der Waals surface area contributed by atoms with Crippen LogP contribution in [0.2, 0.25) is 0 Å². The number of anilines is 1. The molecular formula is C22H18N2O3S. The molecule has 4 aromatic rings. The van der Waals surface area contributed by atoms with Crippen molar-refractivity contribution in [1.82, 2.24) is 4.98 Å². The number of nitrogens with one attached hydrogen (secondary N) is 1. The first kappa shape index (κ1) is 18.0. The molecule has 6 heteroatoms. The van der Waals surface area contributed by atoms with Gasteiger partial charge in [0.25, 0.3) is 0 Å². The summed E-state index contributed by atoms with van der Waals surface area (Å²) in [5.74, 6) is 1.10. The number of rotatable bonds is 5. The predicted octanol–water partition coefficient (Wildman–Crippen LogP) is 5.12. The summed E-state index contributed by atoms with van der Waals surface area (Å²) in [6.07, 6.45) is 3.15. The number of fused-ring (bicyclic) bond motifs is 3. The van der Waals surface area contributed by atoms with Crippen LogP contribution in [-0.4, -0.2) is 25.1 Å². The van der Waals surface area contributed by atoms with E-state index < -0.39 is 0 Å². The van der Waals surface area contributed by atoms with Crippen molar-refractivity contribution in [2.75, 3.05) is 19.5 Å². The average molecular weight is 390 g/mol. The molecule has 1 N–H and O–H groups in total. The fraction of sp³-hybridized carbons (Fsp3) is 0.0909. The molecule has 140 valence electrons. The maximum absolute atomic E-state index is 12.4. The second kappa shape index (κ2) is 7.70. The van der Waals surface area contributed by atoms with Crippen LogP contribution in [0.1, 0.15) is 5.56 Å². The van der Waals surface area contributed by atoms with Crippen LogP contribution >= 0.6 is 11.3 Å². The lowest BCUT2D eigenvalue weighted by molar-refractivity contribution is -0.111. The summed E-state index contributed by atoms with van der Waals surface area (Å²) in [4.78, 5) is 17.0. The van der Waals surface area contributed by atoms with Gasteiger partial charge in [-0.2, -0.15) is 0 Å². The number of thiazole rings is 1. The lowest BCUT2D eigenvalue weighted by Crippen LogP contribution is -2.07. The lowest BCUT2D eigenvalue weighted by atomic mass is 10.1. The molecule has 3 aromatic carbocycles. The first-order chi connectivity index (χ1) is 13.7. The van der Waals surface area contributed by atoms with Gasteiger partial charge in [0, 0.05) is 17.0 Å². The van der Waals surface area contributed by atoms with Crippen LogP contribution in [0.4, 0.5) is 5.13 Å². The Balaban J connectivity index is 1.57. The molecule has 0 spiro atoms. The number of benzene rings is 3. The van der Waals surface area contributed by atoms with Crippen LogP contribution in [0.15, 0.2) is 60.7 Å². The van der Waals surface area contributed by atoms with E-state index in [1.807, 2.05) is 36.4 Å². The highest BCUT2D eigenvalue weighted by molar-refractivity contribution is 7.22. The standard InChI is InChI=1S/C22H18N2O3S/c1-26-16-9-10-18(27-2)15(13-16)8-12-20(25)23-22-24-21-17-6-4-3-5-14(17)7-11-19(21)28-22/h3-13H,1-2H3,(H,23,24,25)/b12-8+. The molecule has 0 aliphatic carbocycles. The minimum atomic E-state index is -0.256. The molecule has 0 unspecified atom stereocenters. The molecule has 4 rings (SSSR count). The number of carbonyl (C=O) groups excluding carboxylic acids is 1. The SMILES string of the molecule is COc1ccc(OC)c(/C=C/C(=O)Nc2nc3c(ccc4ccccc43)s2)c1. The Morgan fingerprint density at radius 2 is 1.93 bits per heavy atom. The van der Waals surface area contributed by atoms with Crippen molar-refractivity contribution in [1.29, 1.82) is 0 Å². The number of hydrogen-bond donors (Lipinski definition) is 1. The Bertz CT molecular complexity index is 1200. The smallest absolute Gasteiger partial charge is 0.250 e. The third-order valence-corrected chi connectivity index (χ3v) is 5.30. The van der Waals surface area contributed by atoms with Gasteiger partial charge in [0.1, 0.15) is 11.5 Å². The summed E-state index contributed by atoms with van der Waals surface area (Å²) >= 11 is 1.45. The Hall–Kier alpha value is -3.38. The number of carbonyl (C=O) groups is 1. The summed E-state index contributed by atoms with van der Waals surface area (Å²) in [6.45, 7) is 0. The highest BCUT2D eigenvalue weighted by atomic mass is 32.1. The van der Waals surface area contributed by atoms with Gasteiger partial charge in [-0.05, 0) is 35.7 Å². The lowest BCUT2D eigenvalue weighted by Gasteiger charge is -2.07. The minimum Gasteiger partial charge on any atom is -0.497 e. The van der Waals surface area contributed by atoms with Crippen molar-refractivity contribution in [3.63, 3.8) is 0 Å². The van der Waals surface area contributed by atoms with Gasteiger partial charge in [-0.15, -0.1) is 0 Å². The van der Waals surface area contributed by atoms with Crippen molar-refractivity contribution in [3.05, 3.63) is 66.2 Å². The zero-order chi connectivity index (χ0) is 19.5. The first-order valence-electron chi connectivity index (χ1n) is 8.67. The van der Waals surface area contributed by atoms with Gasteiger partial charge in [-0.25, -0.2) is 4.98 Å². The van der Waals surface area contributed by atoms with Crippen LogP contribution < -0.4 is 14.8 Å². The van der Waals surface area contributed by atoms with Gasteiger partial charge >= 0.3 is 0 Å². The fourth-order valence-corrected chi connectivity index (χ4v) is 3.88. The number of methoxy groups -OCH3 is 2. The summed E-state index contributed by atoms with van der Waals surface area (Å²) in [6, 6.07) is 17.6. The van der Waals surface area contributed by atoms with E-state index in [-0.39, 0.29) is 5.91 Å².